The molecule has 0 atom stereocenters. The molecule has 0 aliphatic heterocycles. The van der Waals surface area contributed by atoms with E-state index in [9.17, 15) is 13.5 Å². The second kappa shape index (κ2) is 6.01. The van der Waals surface area contributed by atoms with Crippen LogP contribution in [-0.4, -0.2) is 26.7 Å². The molecule has 0 heterocycles. The van der Waals surface area contributed by atoms with Crippen molar-refractivity contribution in [1.29, 1.82) is 0 Å². The topological polar surface area (TPSA) is 92.4 Å². The highest BCUT2D eigenvalue weighted by molar-refractivity contribution is 9.10. The van der Waals surface area contributed by atoms with E-state index in [2.05, 4.69) is 20.7 Å². The number of hydrogen-bond acceptors (Lipinski definition) is 4. The van der Waals surface area contributed by atoms with E-state index >= 15 is 0 Å². The highest BCUT2D eigenvalue weighted by Gasteiger charge is 2.34. The van der Waals surface area contributed by atoms with Gasteiger partial charge in [-0.25, -0.2) is 13.1 Å². The minimum Gasteiger partial charge on any atom is -0.398 e. The summed E-state index contributed by atoms with van der Waals surface area (Å²) in [5.41, 5.74) is 5.64. The zero-order valence-corrected chi connectivity index (χ0v) is 13.5. The Morgan fingerprint density at radius 1 is 1.35 bits per heavy atom. The third-order valence-corrected chi connectivity index (χ3v) is 5.87. The molecule has 0 spiro atoms. The predicted molar refractivity (Wildman–Crippen MR) is 81.7 cm³/mol. The fourth-order valence-electron chi connectivity index (χ4n) is 2.61. The number of anilines is 1. The standard InChI is InChI=1S/C13H19BrN2O3S/c14-10-3-4-12(11(15)7-10)20(18,19)16-8-13(9-17)5-1-2-6-13/h3-4,7,16-17H,1-2,5-6,8-9,15H2. The summed E-state index contributed by atoms with van der Waals surface area (Å²) in [6, 6.07) is 4.68. The maximum absolute atomic E-state index is 12.3. The number of aliphatic hydroxyl groups excluding tert-OH is 1. The van der Waals surface area contributed by atoms with Crippen molar-refractivity contribution >= 4 is 31.6 Å². The third kappa shape index (κ3) is 3.33. The van der Waals surface area contributed by atoms with Crippen molar-refractivity contribution < 1.29 is 13.5 Å². The normalized spacial score (nSPS) is 18.3. The van der Waals surface area contributed by atoms with Crippen LogP contribution in [0.4, 0.5) is 5.69 Å². The summed E-state index contributed by atoms with van der Waals surface area (Å²) >= 11 is 3.25. The number of sulfonamides is 1. The molecule has 1 aromatic carbocycles. The van der Waals surface area contributed by atoms with Gasteiger partial charge >= 0.3 is 0 Å². The van der Waals surface area contributed by atoms with Crippen molar-refractivity contribution in [1.82, 2.24) is 4.72 Å². The summed E-state index contributed by atoms with van der Waals surface area (Å²) in [5.74, 6) is 0. The van der Waals surface area contributed by atoms with Gasteiger partial charge in [0.1, 0.15) is 4.90 Å². The Kier molecular flexibility index (Phi) is 4.73. The molecule has 1 aliphatic carbocycles. The summed E-state index contributed by atoms with van der Waals surface area (Å²) in [6.45, 7) is 0.257. The first kappa shape index (κ1) is 15.8. The average Bonchev–Trinajstić information content (AvgIpc) is 2.85. The van der Waals surface area contributed by atoms with E-state index in [-0.39, 0.29) is 29.1 Å². The molecule has 0 radical (unpaired) electrons. The van der Waals surface area contributed by atoms with E-state index < -0.39 is 10.0 Å². The number of halogens is 1. The fourth-order valence-corrected chi connectivity index (χ4v) is 4.25. The van der Waals surface area contributed by atoms with Gasteiger partial charge < -0.3 is 10.8 Å². The lowest BCUT2D eigenvalue weighted by Gasteiger charge is -2.26. The molecule has 0 unspecified atom stereocenters. The van der Waals surface area contributed by atoms with Crippen LogP contribution in [0, 0.1) is 5.41 Å². The second-order valence-corrected chi connectivity index (χ2v) is 8.02. The average molecular weight is 363 g/mol. The zero-order chi connectivity index (χ0) is 14.8. The first-order chi connectivity index (χ1) is 9.38. The molecule has 0 saturated heterocycles. The number of nitrogen functional groups attached to an aromatic ring is 1. The first-order valence-electron chi connectivity index (χ1n) is 6.54. The quantitative estimate of drug-likeness (QED) is 0.697. The van der Waals surface area contributed by atoms with Gasteiger partial charge in [0.2, 0.25) is 10.0 Å². The molecular formula is C13H19BrN2O3S. The smallest absolute Gasteiger partial charge is 0.242 e. The maximum Gasteiger partial charge on any atom is 0.242 e. The fraction of sp³-hybridized carbons (Fsp3) is 0.538. The van der Waals surface area contributed by atoms with Gasteiger partial charge in [0, 0.05) is 23.0 Å². The molecule has 112 valence electrons. The van der Waals surface area contributed by atoms with Crippen LogP contribution in [0.15, 0.2) is 27.6 Å². The molecule has 4 N–H and O–H groups in total. The molecule has 1 aliphatic rings. The van der Waals surface area contributed by atoms with E-state index in [4.69, 9.17) is 5.73 Å². The lowest BCUT2D eigenvalue weighted by Crippen LogP contribution is -2.38. The van der Waals surface area contributed by atoms with Crippen molar-refractivity contribution in [3.8, 4) is 0 Å². The Balaban J connectivity index is 2.15. The molecule has 7 heteroatoms. The monoisotopic (exact) mass is 362 g/mol. The Bertz CT molecular complexity index is 583. The van der Waals surface area contributed by atoms with E-state index in [1.165, 1.54) is 6.07 Å². The largest absolute Gasteiger partial charge is 0.398 e. The van der Waals surface area contributed by atoms with Gasteiger partial charge in [-0.15, -0.1) is 0 Å². The van der Waals surface area contributed by atoms with Gasteiger partial charge in [0.25, 0.3) is 0 Å². The molecule has 0 bridgehead atoms. The number of nitrogens with one attached hydrogen (secondary N) is 1. The molecular weight excluding hydrogens is 344 g/mol. The first-order valence-corrected chi connectivity index (χ1v) is 8.82. The maximum atomic E-state index is 12.3. The number of hydrogen-bond donors (Lipinski definition) is 3. The van der Waals surface area contributed by atoms with Crippen molar-refractivity contribution in [2.24, 2.45) is 5.41 Å². The second-order valence-electron chi connectivity index (χ2n) is 5.37. The van der Waals surface area contributed by atoms with Gasteiger partial charge in [0.15, 0.2) is 0 Å². The van der Waals surface area contributed by atoms with Crippen LogP contribution >= 0.6 is 15.9 Å². The molecule has 1 aromatic rings. The highest BCUT2D eigenvalue weighted by atomic mass is 79.9. The van der Waals surface area contributed by atoms with Crippen molar-refractivity contribution in [3.63, 3.8) is 0 Å². The molecule has 0 amide bonds. The molecule has 5 nitrogen and oxygen atoms in total. The van der Waals surface area contributed by atoms with Crippen LogP contribution in [0.2, 0.25) is 0 Å². The van der Waals surface area contributed by atoms with Crippen molar-refractivity contribution in [2.75, 3.05) is 18.9 Å². The van der Waals surface area contributed by atoms with Crippen LogP contribution in [0.5, 0.6) is 0 Å². The summed E-state index contributed by atoms with van der Waals surface area (Å²) in [4.78, 5) is 0.0757. The lowest BCUT2D eigenvalue weighted by molar-refractivity contribution is 0.134. The number of rotatable bonds is 5. The van der Waals surface area contributed by atoms with Crippen LogP contribution in [0.1, 0.15) is 25.7 Å². The molecule has 1 saturated carbocycles. The van der Waals surface area contributed by atoms with Crippen LogP contribution in [0.25, 0.3) is 0 Å². The van der Waals surface area contributed by atoms with Gasteiger partial charge in [-0.2, -0.15) is 0 Å². The number of nitrogens with two attached hydrogens (primary N) is 1. The molecule has 2 rings (SSSR count). The minimum atomic E-state index is -3.65. The third-order valence-electron chi connectivity index (χ3n) is 3.90. The van der Waals surface area contributed by atoms with Crippen molar-refractivity contribution in [2.45, 2.75) is 30.6 Å². The zero-order valence-electron chi connectivity index (χ0n) is 11.1. The van der Waals surface area contributed by atoms with Gasteiger partial charge in [-0.3, -0.25) is 0 Å². The van der Waals surface area contributed by atoms with E-state index in [1.807, 2.05) is 0 Å². The predicted octanol–water partition coefficient (Wildman–Crippen LogP) is 1.86. The highest BCUT2D eigenvalue weighted by Crippen LogP contribution is 2.37. The van der Waals surface area contributed by atoms with Crippen LogP contribution < -0.4 is 10.5 Å². The Labute approximate surface area is 127 Å². The summed E-state index contributed by atoms with van der Waals surface area (Å²) in [6.07, 6.45) is 3.76. The number of aliphatic hydroxyl groups is 1. The molecule has 1 fully saturated rings. The molecule has 20 heavy (non-hydrogen) atoms. The lowest BCUT2D eigenvalue weighted by atomic mass is 9.88. The van der Waals surface area contributed by atoms with Gasteiger partial charge in [0.05, 0.1) is 5.69 Å². The van der Waals surface area contributed by atoms with E-state index in [0.717, 1.165) is 30.2 Å². The van der Waals surface area contributed by atoms with Crippen molar-refractivity contribution in [3.05, 3.63) is 22.7 Å². The Morgan fingerprint density at radius 2 is 2.00 bits per heavy atom. The summed E-state index contributed by atoms with van der Waals surface area (Å²) in [5, 5.41) is 9.51. The SMILES string of the molecule is Nc1cc(Br)ccc1S(=O)(=O)NCC1(CO)CCCC1. The van der Waals surface area contributed by atoms with E-state index in [0.29, 0.717) is 0 Å². The van der Waals surface area contributed by atoms with Gasteiger partial charge in [-0.1, -0.05) is 28.8 Å². The summed E-state index contributed by atoms with van der Waals surface area (Å²) in [7, 11) is -3.65. The Hall–Kier alpha value is -0.630. The Morgan fingerprint density at radius 3 is 2.55 bits per heavy atom. The van der Waals surface area contributed by atoms with Crippen LogP contribution in [-0.2, 0) is 10.0 Å². The van der Waals surface area contributed by atoms with Gasteiger partial charge in [-0.05, 0) is 31.0 Å². The van der Waals surface area contributed by atoms with E-state index in [1.54, 1.807) is 12.1 Å². The summed E-state index contributed by atoms with van der Waals surface area (Å²) < 4.78 is 27.9. The van der Waals surface area contributed by atoms with Crippen LogP contribution in [0.3, 0.4) is 0 Å². The number of benzene rings is 1. The molecule has 0 aromatic heterocycles. The minimum absolute atomic E-state index is 0.00530.